The van der Waals surface area contributed by atoms with Crippen LogP contribution in [0.3, 0.4) is 0 Å². The molecule has 2 aliphatic heterocycles. The highest BCUT2D eigenvalue weighted by molar-refractivity contribution is 8.01. The smallest absolute Gasteiger partial charge is 0.433 e. The summed E-state index contributed by atoms with van der Waals surface area (Å²) in [5.74, 6) is -1.22. The van der Waals surface area contributed by atoms with Crippen LogP contribution in [0.4, 0.5) is 24.8 Å². The number of aryl methyl sites for hydroxylation is 1. The summed E-state index contributed by atoms with van der Waals surface area (Å²) in [6.45, 7) is 1.98. The van der Waals surface area contributed by atoms with Crippen molar-refractivity contribution in [1.82, 2.24) is 9.97 Å². The lowest BCUT2D eigenvalue weighted by atomic mass is 9.93. The molecular weight excluding hydrogens is 473 g/mol. The van der Waals surface area contributed by atoms with E-state index in [1.165, 1.54) is 11.8 Å². The summed E-state index contributed by atoms with van der Waals surface area (Å²) >= 11 is 1.43. The molecule has 4 atom stereocenters. The Bertz CT molecular complexity index is 1100. The Labute approximate surface area is 197 Å². The zero-order valence-corrected chi connectivity index (χ0v) is 18.9. The summed E-state index contributed by atoms with van der Waals surface area (Å²) in [5.41, 5.74) is 0.0113. The number of aliphatic hydroxyl groups is 1. The molecular formula is C22H23F3N4O4S. The Morgan fingerprint density at radius 2 is 2.09 bits per heavy atom. The van der Waals surface area contributed by atoms with Crippen LogP contribution in [0.15, 0.2) is 35.5 Å². The van der Waals surface area contributed by atoms with E-state index in [1.54, 1.807) is 18.3 Å². The molecule has 1 aromatic heterocycles. The van der Waals surface area contributed by atoms with Crippen LogP contribution in [0, 0.1) is 6.92 Å². The normalized spacial score (nSPS) is 27.4. The molecule has 1 saturated heterocycles. The fourth-order valence-corrected chi connectivity index (χ4v) is 5.30. The van der Waals surface area contributed by atoms with E-state index >= 15 is 0 Å². The second-order valence-electron chi connectivity index (χ2n) is 8.32. The molecule has 4 rings (SSSR count). The predicted molar refractivity (Wildman–Crippen MR) is 120 cm³/mol. The summed E-state index contributed by atoms with van der Waals surface area (Å²) < 4.78 is 44.2. The van der Waals surface area contributed by atoms with Crippen molar-refractivity contribution in [3.05, 3.63) is 47.3 Å². The SMILES string of the molecule is Cc1cc(Nc2nccc(C(F)(F)F)n2)cc(C2C=NC(C3(O)CCOC(C(=O)O)CC3)S2)c1. The van der Waals surface area contributed by atoms with Crippen molar-refractivity contribution in [3.63, 3.8) is 0 Å². The Balaban J connectivity index is 1.48. The molecule has 12 heteroatoms. The van der Waals surface area contributed by atoms with Gasteiger partial charge in [0.1, 0.15) is 11.1 Å². The topological polar surface area (TPSA) is 117 Å². The minimum atomic E-state index is -4.57. The maximum absolute atomic E-state index is 13.0. The molecule has 2 aliphatic rings. The number of ether oxygens (including phenoxy) is 1. The van der Waals surface area contributed by atoms with Crippen molar-refractivity contribution in [2.45, 2.75) is 54.7 Å². The number of nitrogens with one attached hydrogen (secondary N) is 1. The number of benzene rings is 1. The van der Waals surface area contributed by atoms with Gasteiger partial charge in [-0.1, -0.05) is 6.07 Å². The van der Waals surface area contributed by atoms with Crippen LogP contribution >= 0.6 is 11.8 Å². The number of halogens is 3. The average Bonchev–Trinajstić information content (AvgIpc) is 3.18. The van der Waals surface area contributed by atoms with Crippen molar-refractivity contribution < 1.29 is 32.9 Å². The molecule has 34 heavy (non-hydrogen) atoms. The van der Waals surface area contributed by atoms with E-state index in [2.05, 4.69) is 20.3 Å². The van der Waals surface area contributed by atoms with Crippen molar-refractivity contribution in [1.29, 1.82) is 0 Å². The third-order valence-corrected chi connectivity index (χ3v) is 7.20. The van der Waals surface area contributed by atoms with Gasteiger partial charge in [-0.25, -0.2) is 14.8 Å². The first-order valence-corrected chi connectivity index (χ1v) is 11.5. The highest BCUT2D eigenvalue weighted by atomic mass is 32.2. The number of rotatable bonds is 5. The fraction of sp³-hybridized carbons (Fsp3) is 0.455. The van der Waals surface area contributed by atoms with Crippen LogP contribution in [0.2, 0.25) is 0 Å². The third-order valence-electron chi connectivity index (χ3n) is 5.69. The summed E-state index contributed by atoms with van der Waals surface area (Å²) in [5, 5.41) is 22.5. The van der Waals surface area contributed by atoms with Gasteiger partial charge < -0.3 is 20.3 Å². The molecule has 0 amide bonds. The number of aliphatic imine (C=N–C) groups is 1. The van der Waals surface area contributed by atoms with Gasteiger partial charge in [0, 0.05) is 24.5 Å². The van der Waals surface area contributed by atoms with E-state index in [-0.39, 0.29) is 37.1 Å². The van der Waals surface area contributed by atoms with E-state index in [0.29, 0.717) is 5.69 Å². The van der Waals surface area contributed by atoms with Crippen molar-refractivity contribution in [2.75, 3.05) is 11.9 Å². The highest BCUT2D eigenvalue weighted by Gasteiger charge is 2.43. The van der Waals surface area contributed by atoms with Crippen LogP contribution in [0.1, 0.15) is 41.3 Å². The van der Waals surface area contributed by atoms with E-state index in [0.717, 1.165) is 23.4 Å². The van der Waals surface area contributed by atoms with Crippen molar-refractivity contribution in [2.24, 2.45) is 4.99 Å². The number of carboxylic acid groups (broad SMARTS) is 1. The Hall–Kier alpha value is -2.70. The lowest BCUT2D eigenvalue weighted by molar-refractivity contribution is -0.150. The van der Waals surface area contributed by atoms with Gasteiger partial charge in [0.2, 0.25) is 5.95 Å². The first-order chi connectivity index (χ1) is 16.0. The Kier molecular flexibility index (Phi) is 6.83. The van der Waals surface area contributed by atoms with Gasteiger partial charge in [-0.15, -0.1) is 11.8 Å². The monoisotopic (exact) mass is 496 g/mol. The highest BCUT2D eigenvalue weighted by Crippen LogP contribution is 2.45. The quantitative estimate of drug-likeness (QED) is 0.566. The fourth-order valence-electron chi connectivity index (χ4n) is 3.96. The zero-order valence-electron chi connectivity index (χ0n) is 18.1. The molecule has 0 bridgehead atoms. The number of alkyl halides is 3. The standard InChI is InChI=1S/C22H23F3N4O4S/c1-12-8-13(10-14(9-12)28-20-26-6-3-17(29-20)22(23,24)25)16-11-27-19(34-16)21(32)4-2-15(18(30)31)33-7-5-21/h3,6,8-11,15-16,19,32H,2,4-5,7H2,1H3,(H,30,31)(H,26,28,29). The number of aromatic nitrogens is 2. The molecule has 0 spiro atoms. The number of carbonyl (C=O) groups is 1. The van der Waals surface area contributed by atoms with Gasteiger partial charge in [-0.2, -0.15) is 13.2 Å². The van der Waals surface area contributed by atoms with Gasteiger partial charge in [-0.05, 0) is 49.1 Å². The van der Waals surface area contributed by atoms with E-state index in [1.807, 2.05) is 13.0 Å². The third kappa shape index (κ3) is 5.50. The molecule has 1 fully saturated rings. The first-order valence-electron chi connectivity index (χ1n) is 10.6. The van der Waals surface area contributed by atoms with Crippen LogP contribution in [0.5, 0.6) is 0 Å². The summed E-state index contributed by atoms with van der Waals surface area (Å²) in [6.07, 6.45) is -2.03. The molecule has 1 aromatic carbocycles. The molecule has 0 radical (unpaired) electrons. The molecule has 4 unspecified atom stereocenters. The van der Waals surface area contributed by atoms with Crippen molar-refractivity contribution in [3.8, 4) is 0 Å². The summed E-state index contributed by atoms with van der Waals surface area (Å²) in [7, 11) is 0. The van der Waals surface area contributed by atoms with Crippen LogP contribution in [-0.2, 0) is 15.7 Å². The average molecular weight is 497 g/mol. The molecule has 8 nitrogen and oxygen atoms in total. The van der Waals surface area contributed by atoms with E-state index in [9.17, 15) is 28.2 Å². The number of hydrogen-bond donors (Lipinski definition) is 3. The van der Waals surface area contributed by atoms with Crippen LogP contribution in [-0.4, -0.2) is 56.1 Å². The number of anilines is 2. The number of aliphatic carboxylic acids is 1. The van der Waals surface area contributed by atoms with E-state index in [4.69, 9.17) is 4.74 Å². The maximum Gasteiger partial charge on any atom is 0.433 e. The van der Waals surface area contributed by atoms with E-state index < -0.39 is 34.9 Å². The molecule has 0 saturated carbocycles. The first kappa shape index (κ1) is 24.4. The number of nitrogens with zero attached hydrogens (tertiary/aromatic N) is 3. The van der Waals surface area contributed by atoms with Gasteiger partial charge in [-0.3, -0.25) is 4.99 Å². The van der Waals surface area contributed by atoms with Crippen molar-refractivity contribution >= 4 is 35.6 Å². The largest absolute Gasteiger partial charge is 0.479 e. The molecule has 3 heterocycles. The molecule has 3 N–H and O–H groups in total. The number of thioether (sulfide) groups is 1. The lowest BCUT2D eigenvalue weighted by Gasteiger charge is -2.30. The second kappa shape index (κ2) is 9.51. The van der Waals surface area contributed by atoms with Crippen LogP contribution < -0.4 is 5.32 Å². The Morgan fingerprint density at radius 1 is 1.29 bits per heavy atom. The Morgan fingerprint density at radius 3 is 2.82 bits per heavy atom. The second-order valence-corrected chi connectivity index (χ2v) is 9.54. The summed E-state index contributed by atoms with van der Waals surface area (Å²) in [4.78, 5) is 23.1. The maximum atomic E-state index is 13.0. The molecule has 2 aromatic rings. The van der Waals surface area contributed by atoms with Gasteiger partial charge in [0.25, 0.3) is 0 Å². The molecule has 0 aliphatic carbocycles. The van der Waals surface area contributed by atoms with Gasteiger partial charge >= 0.3 is 12.1 Å². The van der Waals surface area contributed by atoms with Crippen LogP contribution in [0.25, 0.3) is 0 Å². The number of hydrogen-bond acceptors (Lipinski definition) is 8. The minimum absolute atomic E-state index is 0.125. The lowest BCUT2D eigenvalue weighted by Crippen LogP contribution is -2.39. The number of carboxylic acids is 1. The predicted octanol–water partition coefficient (Wildman–Crippen LogP) is 4.12. The molecule has 182 valence electrons. The minimum Gasteiger partial charge on any atom is -0.479 e. The van der Waals surface area contributed by atoms with Gasteiger partial charge in [0.15, 0.2) is 6.10 Å². The van der Waals surface area contributed by atoms with Gasteiger partial charge in [0.05, 0.1) is 17.5 Å². The zero-order chi connectivity index (χ0) is 24.5. The summed E-state index contributed by atoms with van der Waals surface area (Å²) in [6, 6.07) is 6.29.